The molecule has 1 amide bonds. The topological polar surface area (TPSA) is 138 Å². The number of pyridine rings is 1. The summed E-state index contributed by atoms with van der Waals surface area (Å²) in [6.45, 7) is 0.719. The summed E-state index contributed by atoms with van der Waals surface area (Å²) < 4.78 is 14.3. The second-order valence-corrected chi connectivity index (χ2v) is 8.07. The summed E-state index contributed by atoms with van der Waals surface area (Å²) in [5.41, 5.74) is 16.0. The second-order valence-electron chi connectivity index (χ2n) is 8.07. The highest BCUT2D eigenvalue weighted by Gasteiger charge is 2.36. The second kappa shape index (κ2) is 8.00. The van der Waals surface area contributed by atoms with Crippen LogP contribution in [0, 0.1) is 23.1 Å². The molecule has 2 unspecified atom stereocenters. The first kappa shape index (κ1) is 20.6. The van der Waals surface area contributed by atoms with E-state index in [0.717, 1.165) is 16.8 Å². The number of halogens is 1. The number of hydrogen-bond donors (Lipinski definition) is 3. The lowest BCUT2D eigenvalue weighted by Crippen LogP contribution is -2.37. The van der Waals surface area contributed by atoms with E-state index in [0.29, 0.717) is 35.6 Å². The average Bonchev–Trinajstić information content (AvgIpc) is 3.43. The molecule has 1 aliphatic rings. The van der Waals surface area contributed by atoms with E-state index in [1.54, 1.807) is 42.7 Å². The molecule has 164 valence electrons. The van der Waals surface area contributed by atoms with Crippen molar-refractivity contribution in [1.82, 2.24) is 15.0 Å². The Hall–Kier alpha value is -4.29. The Kier molecular flexibility index (Phi) is 4.99. The molecule has 0 bridgehead atoms. The van der Waals surface area contributed by atoms with Crippen LogP contribution in [0.15, 0.2) is 54.9 Å². The number of fused-ring (bicyclic) bond motifs is 1. The Morgan fingerprint density at radius 1 is 1.18 bits per heavy atom. The summed E-state index contributed by atoms with van der Waals surface area (Å²) in [5, 5.41) is 9.37. The van der Waals surface area contributed by atoms with Crippen molar-refractivity contribution in [2.45, 2.75) is 6.04 Å². The number of nitrogens with one attached hydrogen (secondary N) is 1. The van der Waals surface area contributed by atoms with Crippen LogP contribution < -0.4 is 16.4 Å². The molecule has 33 heavy (non-hydrogen) atoms. The molecule has 2 aromatic heterocycles. The lowest BCUT2D eigenvalue weighted by atomic mass is 10.00. The van der Waals surface area contributed by atoms with Crippen molar-refractivity contribution < 1.29 is 9.18 Å². The molecular formula is C24H20FN7O. The number of carbonyl (C=O) groups is 1. The van der Waals surface area contributed by atoms with Gasteiger partial charge in [0.1, 0.15) is 11.3 Å². The van der Waals surface area contributed by atoms with E-state index in [2.05, 4.69) is 21.0 Å². The van der Waals surface area contributed by atoms with Gasteiger partial charge >= 0.3 is 0 Å². The van der Waals surface area contributed by atoms with Gasteiger partial charge in [0, 0.05) is 37.1 Å². The predicted octanol–water partition coefficient (Wildman–Crippen LogP) is 2.55. The van der Waals surface area contributed by atoms with Crippen LogP contribution in [0.1, 0.15) is 5.56 Å². The minimum absolute atomic E-state index is 0.225. The van der Waals surface area contributed by atoms with Gasteiger partial charge < -0.3 is 21.4 Å². The lowest BCUT2D eigenvalue weighted by molar-refractivity contribution is -0.121. The van der Waals surface area contributed by atoms with Gasteiger partial charge in [0.15, 0.2) is 5.82 Å². The van der Waals surface area contributed by atoms with Gasteiger partial charge in [-0.1, -0.05) is 18.2 Å². The monoisotopic (exact) mass is 441 g/mol. The van der Waals surface area contributed by atoms with Crippen LogP contribution in [0.25, 0.3) is 33.5 Å². The van der Waals surface area contributed by atoms with E-state index in [1.165, 1.54) is 6.07 Å². The van der Waals surface area contributed by atoms with Gasteiger partial charge in [0.05, 0.1) is 34.3 Å². The number of aromatic amines is 1. The quantitative estimate of drug-likeness (QED) is 0.445. The number of imidazole rings is 1. The first-order chi connectivity index (χ1) is 16.0. The first-order valence-corrected chi connectivity index (χ1v) is 10.4. The van der Waals surface area contributed by atoms with Crippen molar-refractivity contribution in [2.75, 3.05) is 18.0 Å². The van der Waals surface area contributed by atoms with Crippen LogP contribution in [-0.2, 0) is 4.79 Å². The number of benzene rings is 2. The minimum Gasteiger partial charge on any atom is -0.369 e. The standard InChI is InChI=1S/C24H20FN7O/c25-18-5-2-6-20-21(18)31-24(30-20)16-10-29-9-15(14-4-1-3-13(7-14)8-26)22(16)32-11-17(23(28)33)19(27)12-32/h1-7,9-10,17,19H,11-12,27H2,(H2,28,33)(H,30,31). The van der Waals surface area contributed by atoms with E-state index in [4.69, 9.17) is 11.5 Å². The zero-order valence-electron chi connectivity index (χ0n) is 17.5. The smallest absolute Gasteiger partial charge is 0.223 e. The number of nitrogens with zero attached hydrogens (tertiary/aromatic N) is 4. The van der Waals surface area contributed by atoms with Crippen molar-refractivity contribution in [2.24, 2.45) is 17.4 Å². The number of hydrogen-bond acceptors (Lipinski definition) is 6. The number of nitriles is 1. The normalized spacial score (nSPS) is 17.9. The van der Waals surface area contributed by atoms with Crippen LogP contribution in [0.4, 0.5) is 10.1 Å². The van der Waals surface area contributed by atoms with Crippen molar-refractivity contribution in [3.05, 3.63) is 66.2 Å². The molecule has 5 N–H and O–H groups in total. The number of H-pyrrole nitrogens is 1. The van der Waals surface area contributed by atoms with Crippen LogP contribution in [0.5, 0.6) is 0 Å². The van der Waals surface area contributed by atoms with Crippen LogP contribution in [-0.4, -0.2) is 40.0 Å². The Morgan fingerprint density at radius 3 is 2.70 bits per heavy atom. The maximum Gasteiger partial charge on any atom is 0.223 e. The fraction of sp³-hybridized carbons (Fsp3) is 0.167. The molecule has 0 aliphatic carbocycles. The molecule has 1 aliphatic heterocycles. The van der Waals surface area contributed by atoms with Gasteiger partial charge in [0.25, 0.3) is 0 Å². The third kappa shape index (κ3) is 3.56. The number of nitrogens with two attached hydrogens (primary N) is 2. The first-order valence-electron chi connectivity index (χ1n) is 10.4. The largest absolute Gasteiger partial charge is 0.369 e. The summed E-state index contributed by atoms with van der Waals surface area (Å²) in [5.74, 6) is -0.969. The Balaban J connectivity index is 1.73. The SMILES string of the molecule is N#Cc1cccc(-c2cncc(-c3nc4c(F)cccc4[nH]3)c2N2CC(N)C(C(N)=O)C2)c1. The zero-order chi connectivity index (χ0) is 23.1. The minimum atomic E-state index is -0.516. The summed E-state index contributed by atoms with van der Waals surface area (Å²) in [4.78, 5) is 26.0. The van der Waals surface area contributed by atoms with Crippen LogP contribution >= 0.6 is 0 Å². The van der Waals surface area contributed by atoms with Crippen molar-refractivity contribution in [3.8, 4) is 28.6 Å². The molecule has 0 spiro atoms. The zero-order valence-corrected chi connectivity index (χ0v) is 17.5. The maximum absolute atomic E-state index is 14.3. The van der Waals surface area contributed by atoms with Gasteiger partial charge in [0.2, 0.25) is 5.91 Å². The number of primary amides is 1. The van der Waals surface area contributed by atoms with Crippen molar-refractivity contribution >= 4 is 22.6 Å². The maximum atomic E-state index is 14.3. The number of carbonyl (C=O) groups excluding carboxylic acids is 1. The highest BCUT2D eigenvalue weighted by molar-refractivity contribution is 5.92. The summed E-state index contributed by atoms with van der Waals surface area (Å²) in [6.07, 6.45) is 3.34. The van der Waals surface area contributed by atoms with Crippen molar-refractivity contribution in [3.63, 3.8) is 0 Å². The van der Waals surface area contributed by atoms with Gasteiger partial charge in [-0.15, -0.1) is 0 Å². The molecule has 0 radical (unpaired) electrons. The van der Waals surface area contributed by atoms with E-state index in [1.807, 2.05) is 11.0 Å². The fourth-order valence-electron chi connectivity index (χ4n) is 4.37. The number of amides is 1. The summed E-state index contributed by atoms with van der Waals surface area (Å²) in [7, 11) is 0. The fourth-order valence-corrected chi connectivity index (χ4v) is 4.37. The van der Waals surface area contributed by atoms with E-state index in [-0.39, 0.29) is 5.52 Å². The molecule has 9 heteroatoms. The van der Waals surface area contributed by atoms with E-state index < -0.39 is 23.7 Å². The number of aromatic nitrogens is 3. The van der Waals surface area contributed by atoms with Gasteiger partial charge in [-0.3, -0.25) is 9.78 Å². The predicted molar refractivity (Wildman–Crippen MR) is 122 cm³/mol. The number of rotatable bonds is 4. The van der Waals surface area contributed by atoms with Gasteiger partial charge in [-0.25, -0.2) is 9.37 Å². The molecule has 2 atom stereocenters. The number of anilines is 1. The van der Waals surface area contributed by atoms with E-state index >= 15 is 0 Å². The Morgan fingerprint density at radius 2 is 1.97 bits per heavy atom. The molecule has 1 fully saturated rings. The highest BCUT2D eigenvalue weighted by atomic mass is 19.1. The Labute approximate surface area is 188 Å². The molecule has 8 nitrogen and oxygen atoms in total. The molecule has 5 rings (SSSR count). The summed E-state index contributed by atoms with van der Waals surface area (Å²) in [6, 6.07) is 13.6. The molecule has 2 aromatic carbocycles. The lowest BCUT2D eigenvalue weighted by Gasteiger charge is -2.24. The molecule has 0 saturated carbocycles. The molecule has 1 saturated heterocycles. The summed E-state index contributed by atoms with van der Waals surface area (Å²) >= 11 is 0. The molecule has 4 aromatic rings. The third-order valence-corrected chi connectivity index (χ3v) is 5.99. The highest BCUT2D eigenvalue weighted by Crippen LogP contribution is 2.40. The van der Waals surface area contributed by atoms with Crippen LogP contribution in [0.2, 0.25) is 0 Å². The number of para-hydroxylation sites is 1. The average molecular weight is 441 g/mol. The Bertz CT molecular complexity index is 1420. The van der Waals surface area contributed by atoms with Gasteiger partial charge in [-0.2, -0.15) is 5.26 Å². The van der Waals surface area contributed by atoms with Gasteiger partial charge in [-0.05, 0) is 29.8 Å². The van der Waals surface area contributed by atoms with Crippen molar-refractivity contribution in [1.29, 1.82) is 5.26 Å². The molecular weight excluding hydrogens is 421 g/mol. The molecule has 3 heterocycles. The van der Waals surface area contributed by atoms with Crippen LogP contribution in [0.3, 0.4) is 0 Å². The van der Waals surface area contributed by atoms with E-state index in [9.17, 15) is 14.4 Å². The third-order valence-electron chi connectivity index (χ3n) is 5.99.